The van der Waals surface area contributed by atoms with Gasteiger partial charge in [-0.25, -0.2) is 0 Å². The topological polar surface area (TPSA) is 116 Å². The summed E-state index contributed by atoms with van der Waals surface area (Å²) in [5.74, 6) is -0.680. The van der Waals surface area contributed by atoms with Gasteiger partial charge in [0.25, 0.3) is 17.5 Å². The highest BCUT2D eigenvalue weighted by molar-refractivity contribution is 5.98. The average Bonchev–Trinajstić information content (AvgIpc) is 3.24. The zero-order valence-corrected chi connectivity index (χ0v) is 23.2. The van der Waals surface area contributed by atoms with E-state index in [1.807, 2.05) is 72.5 Å². The van der Waals surface area contributed by atoms with E-state index in [0.717, 1.165) is 11.3 Å². The normalized spacial score (nSPS) is 17.0. The number of carbonyl (C=O) groups is 3. The second kappa shape index (κ2) is 11.4. The van der Waals surface area contributed by atoms with Gasteiger partial charge in [0.15, 0.2) is 0 Å². The summed E-state index contributed by atoms with van der Waals surface area (Å²) in [5, 5.41) is 14.4. The van der Waals surface area contributed by atoms with Gasteiger partial charge >= 0.3 is 0 Å². The molecule has 3 aromatic carbocycles. The number of anilines is 1. The Morgan fingerprint density at radius 3 is 2.27 bits per heavy atom. The largest absolute Gasteiger partial charge is 0.348 e. The van der Waals surface area contributed by atoms with Crippen molar-refractivity contribution in [2.45, 2.75) is 38.3 Å². The van der Waals surface area contributed by atoms with E-state index in [-0.39, 0.29) is 48.2 Å². The number of likely N-dealkylation sites (tertiary alicyclic amines) is 1. The van der Waals surface area contributed by atoms with Crippen LogP contribution in [0.5, 0.6) is 0 Å². The number of hydrogen-bond donors (Lipinski definition) is 1. The van der Waals surface area contributed by atoms with Gasteiger partial charge in [-0.2, -0.15) is 0 Å². The first-order valence-electron chi connectivity index (χ1n) is 13.7. The van der Waals surface area contributed by atoms with Gasteiger partial charge in [0, 0.05) is 36.0 Å². The number of benzene rings is 3. The predicted molar refractivity (Wildman–Crippen MR) is 154 cm³/mol. The number of hydrogen-bond acceptors (Lipinski definition) is 6. The lowest BCUT2D eigenvalue weighted by molar-refractivity contribution is -0.385. The number of rotatable bonds is 7. The van der Waals surface area contributed by atoms with E-state index >= 15 is 0 Å². The maximum Gasteiger partial charge on any atom is 0.273 e. The summed E-state index contributed by atoms with van der Waals surface area (Å²) in [5.41, 5.74) is 1.59. The molecule has 0 saturated carbocycles. The number of nitrogens with zero attached hydrogens (tertiary/aromatic N) is 4. The molecule has 1 atom stereocenters. The van der Waals surface area contributed by atoms with E-state index < -0.39 is 10.5 Å². The van der Waals surface area contributed by atoms with Crippen molar-refractivity contribution in [1.82, 2.24) is 15.1 Å². The lowest BCUT2D eigenvalue weighted by Gasteiger charge is -2.43. The van der Waals surface area contributed by atoms with Crippen LogP contribution < -0.4 is 10.2 Å². The summed E-state index contributed by atoms with van der Waals surface area (Å²) in [6.07, 6.45) is 0.748. The highest BCUT2D eigenvalue weighted by Crippen LogP contribution is 2.39. The van der Waals surface area contributed by atoms with E-state index in [1.165, 1.54) is 6.07 Å². The van der Waals surface area contributed by atoms with E-state index in [4.69, 9.17) is 0 Å². The van der Waals surface area contributed by atoms with Gasteiger partial charge in [0.05, 0.1) is 17.6 Å². The van der Waals surface area contributed by atoms with E-state index in [9.17, 15) is 24.5 Å². The Kier molecular flexibility index (Phi) is 7.74. The van der Waals surface area contributed by atoms with Gasteiger partial charge in [-0.1, -0.05) is 54.6 Å². The SMILES string of the molecule is Cc1ccc(C(=O)N2CCC3(CC2)C(=O)N(CC(=O)NC(C)c2ccccc2)CN3c2ccccc2)cc1[N+](=O)[O-]. The minimum absolute atomic E-state index is 0.0726. The van der Waals surface area contributed by atoms with Crippen LogP contribution in [0, 0.1) is 17.0 Å². The number of nitrogens with one attached hydrogen (secondary N) is 1. The third-order valence-electron chi connectivity index (χ3n) is 8.12. The molecule has 0 aliphatic carbocycles. The fourth-order valence-corrected chi connectivity index (χ4v) is 5.81. The van der Waals surface area contributed by atoms with Crippen LogP contribution in [0.1, 0.15) is 47.3 Å². The molecule has 2 heterocycles. The highest BCUT2D eigenvalue weighted by atomic mass is 16.6. The minimum atomic E-state index is -0.900. The summed E-state index contributed by atoms with van der Waals surface area (Å²) >= 11 is 0. The Hall–Kier alpha value is -4.73. The van der Waals surface area contributed by atoms with Gasteiger partial charge in [-0.15, -0.1) is 0 Å². The van der Waals surface area contributed by atoms with Crippen LogP contribution in [0.2, 0.25) is 0 Å². The molecule has 41 heavy (non-hydrogen) atoms. The monoisotopic (exact) mass is 555 g/mol. The third kappa shape index (κ3) is 5.50. The molecule has 0 radical (unpaired) electrons. The number of piperidine rings is 1. The zero-order chi connectivity index (χ0) is 29.1. The molecule has 1 N–H and O–H groups in total. The fraction of sp³-hybridized carbons (Fsp3) is 0.323. The van der Waals surface area contributed by atoms with Gasteiger partial charge in [0.1, 0.15) is 12.1 Å². The van der Waals surface area contributed by atoms with Crippen LogP contribution in [-0.4, -0.2) is 64.3 Å². The Balaban J connectivity index is 1.32. The van der Waals surface area contributed by atoms with Crippen LogP contribution in [0.15, 0.2) is 78.9 Å². The van der Waals surface area contributed by atoms with E-state index in [2.05, 4.69) is 5.32 Å². The molecule has 10 nitrogen and oxygen atoms in total. The Bertz CT molecular complexity index is 1450. The number of nitro groups is 1. The average molecular weight is 556 g/mol. The van der Waals surface area contributed by atoms with Gasteiger partial charge in [0.2, 0.25) is 5.91 Å². The summed E-state index contributed by atoms with van der Waals surface area (Å²) < 4.78 is 0. The van der Waals surface area contributed by atoms with Crippen LogP contribution in [0.25, 0.3) is 0 Å². The fourth-order valence-electron chi connectivity index (χ4n) is 5.81. The van der Waals surface area contributed by atoms with Gasteiger partial charge < -0.3 is 20.0 Å². The van der Waals surface area contributed by atoms with Gasteiger partial charge in [-0.3, -0.25) is 24.5 Å². The molecule has 5 rings (SSSR count). The Labute approximate surface area is 238 Å². The predicted octanol–water partition coefficient (Wildman–Crippen LogP) is 4.06. The number of nitro benzene ring substituents is 1. The summed E-state index contributed by atoms with van der Waals surface area (Å²) in [6, 6.07) is 23.6. The van der Waals surface area contributed by atoms with Crippen molar-refractivity contribution in [2.24, 2.45) is 0 Å². The molecule has 0 bridgehead atoms. The van der Waals surface area contributed by atoms with Gasteiger partial charge in [-0.05, 0) is 50.5 Å². The first kappa shape index (κ1) is 27.8. The maximum atomic E-state index is 14.0. The van der Waals surface area contributed by atoms with Crippen molar-refractivity contribution in [3.8, 4) is 0 Å². The molecule has 212 valence electrons. The van der Waals surface area contributed by atoms with Crippen molar-refractivity contribution in [3.63, 3.8) is 0 Å². The second-order valence-corrected chi connectivity index (χ2v) is 10.7. The van der Waals surface area contributed by atoms with Crippen LogP contribution in [0.3, 0.4) is 0 Å². The Morgan fingerprint density at radius 1 is 1.00 bits per heavy atom. The molecule has 0 aromatic heterocycles. The van der Waals surface area contributed by atoms with Crippen molar-refractivity contribution < 1.29 is 19.3 Å². The van der Waals surface area contributed by atoms with Crippen molar-refractivity contribution in [3.05, 3.63) is 106 Å². The zero-order valence-electron chi connectivity index (χ0n) is 23.2. The number of carbonyl (C=O) groups excluding carboxylic acids is 3. The molecule has 2 fully saturated rings. The summed E-state index contributed by atoms with van der Waals surface area (Å²) in [4.78, 5) is 56.5. The lowest BCUT2D eigenvalue weighted by atomic mass is 9.85. The molecule has 3 aromatic rings. The molecular formula is C31H33N5O5. The summed E-state index contributed by atoms with van der Waals surface area (Å²) in [6.45, 7) is 4.34. The highest BCUT2D eigenvalue weighted by Gasteiger charge is 2.54. The van der Waals surface area contributed by atoms with Crippen molar-refractivity contribution >= 4 is 29.1 Å². The molecule has 1 unspecified atom stereocenters. The van der Waals surface area contributed by atoms with Crippen molar-refractivity contribution in [2.75, 3.05) is 31.2 Å². The van der Waals surface area contributed by atoms with Crippen molar-refractivity contribution in [1.29, 1.82) is 0 Å². The standard InChI is InChI=1S/C31H33N5O5/c1-22-13-14-25(19-27(22)36(40)41)29(38)33-17-15-31(16-18-33)30(39)34(21-35(31)26-11-7-4-8-12-26)20-28(37)32-23(2)24-9-5-3-6-10-24/h3-14,19,23H,15-18,20-21H2,1-2H3,(H,32,37). The number of para-hydroxylation sites is 1. The second-order valence-electron chi connectivity index (χ2n) is 10.7. The lowest BCUT2D eigenvalue weighted by Crippen LogP contribution is -2.57. The molecule has 2 aliphatic rings. The van der Waals surface area contributed by atoms with Crippen LogP contribution in [0.4, 0.5) is 11.4 Å². The van der Waals surface area contributed by atoms with E-state index in [1.54, 1.807) is 28.9 Å². The molecule has 10 heteroatoms. The molecule has 2 saturated heterocycles. The maximum absolute atomic E-state index is 14.0. The quantitative estimate of drug-likeness (QED) is 0.347. The summed E-state index contributed by atoms with van der Waals surface area (Å²) in [7, 11) is 0. The molecule has 2 aliphatic heterocycles. The number of aryl methyl sites for hydroxylation is 1. The third-order valence-corrected chi connectivity index (χ3v) is 8.12. The number of amides is 3. The molecule has 3 amide bonds. The smallest absolute Gasteiger partial charge is 0.273 e. The first-order chi connectivity index (χ1) is 19.7. The van der Waals surface area contributed by atoms with Crippen LogP contribution in [-0.2, 0) is 9.59 Å². The minimum Gasteiger partial charge on any atom is -0.348 e. The molecular weight excluding hydrogens is 522 g/mol. The first-order valence-corrected chi connectivity index (χ1v) is 13.7. The van der Waals surface area contributed by atoms with Crippen LogP contribution >= 0.6 is 0 Å². The van der Waals surface area contributed by atoms with E-state index in [0.29, 0.717) is 31.5 Å². The molecule has 1 spiro atoms. The Morgan fingerprint density at radius 2 is 1.63 bits per heavy atom.